The van der Waals surface area contributed by atoms with Crippen molar-refractivity contribution < 1.29 is 4.79 Å². The van der Waals surface area contributed by atoms with Crippen LogP contribution in [0.4, 0.5) is 0 Å². The van der Waals surface area contributed by atoms with E-state index < -0.39 is 0 Å². The molecule has 0 saturated heterocycles. The zero-order chi connectivity index (χ0) is 20.2. The summed E-state index contributed by atoms with van der Waals surface area (Å²) in [6.45, 7) is 1.98. The number of benzene rings is 2. The third-order valence-electron chi connectivity index (χ3n) is 4.71. The summed E-state index contributed by atoms with van der Waals surface area (Å²) in [5, 5.41) is 4.10. The molecule has 1 atom stereocenters. The van der Waals surface area contributed by atoms with E-state index in [4.69, 9.17) is 0 Å². The first-order valence-corrected chi connectivity index (χ1v) is 9.25. The van der Waals surface area contributed by atoms with Gasteiger partial charge in [0.2, 0.25) is 0 Å². The Labute approximate surface area is 167 Å². The molecule has 2 aromatic carbocycles. The fraction of sp³-hybridized carbons (Fsp3) is 0.136. The van der Waals surface area contributed by atoms with E-state index in [1.165, 1.54) is 12.4 Å². The van der Waals surface area contributed by atoms with Crippen LogP contribution in [-0.2, 0) is 0 Å². The smallest absolute Gasteiger partial charge is 0.251 e. The predicted octanol–water partition coefficient (Wildman–Crippen LogP) is 3.39. The number of hydrogen-bond acceptors (Lipinski definition) is 5. The van der Waals surface area contributed by atoms with Gasteiger partial charge in [-0.1, -0.05) is 49.4 Å². The molecule has 0 aliphatic carbocycles. The molecule has 0 bridgehead atoms. The lowest BCUT2D eigenvalue weighted by atomic mass is 9.94. The number of aromatic nitrogens is 5. The van der Waals surface area contributed by atoms with Gasteiger partial charge in [0, 0.05) is 18.1 Å². The Kier molecular flexibility index (Phi) is 5.11. The van der Waals surface area contributed by atoms with Crippen molar-refractivity contribution in [1.82, 2.24) is 24.7 Å². The summed E-state index contributed by atoms with van der Waals surface area (Å²) in [6.07, 6.45) is 3.37. The highest BCUT2D eigenvalue weighted by Crippen LogP contribution is 2.22. The SMILES string of the molecule is CC(CC(=O)c1cc(=O)[nH]c(-c2ccccc2)n1)c1ccc(-n2cncn2)cc1. The largest absolute Gasteiger partial charge is 0.306 e. The van der Waals surface area contributed by atoms with Crippen molar-refractivity contribution in [2.75, 3.05) is 0 Å². The maximum absolute atomic E-state index is 12.8. The van der Waals surface area contributed by atoms with Crippen LogP contribution < -0.4 is 5.56 Å². The summed E-state index contributed by atoms with van der Waals surface area (Å²) in [5.74, 6) is 0.209. The van der Waals surface area contributed by atoms with Crippen LogP contribution in [0.3, 0.4) is 0 Å². The minimum absolute atomic E-state index is 0.0199. The van der Waals surface area contributed by atoms with Crippen LogP contribution in [0.2, 0.25) is 0 Å². The Balaban J connectivity index is 1.52. The fourth-order valence-corrected chi connectivity index (χ4v) is 3.13. The van der Waals surface area contributed by atoms with Crippen LogP contribution in [0, 0.1) is 0 Å². The molecule has 0 amide bonds. The van der Waals surface area contributed by atoms with Gasteiger partial charge in [-0.2, -0.15) is 5.10 Å². The second-order valence-corrected chi connectivity index (χ2v) is 6.81. The van der Waals surface area contributed by atoms with Crippen LogP contribution in [0.15, 0.2) is 78.1 Å². The van der Waals surface area contributed by atoms with Gasteiger partial charge < -0.3 is 4.98 Å². The first-order chi connectivity index (χ1) is 14.1. The minimum atomic E-state index is -0.341. The molecule has 0 radical (unpaired) electrons. The molecule has 7 nitrogen and oxygen atoms in total. The first-order valence-electron chi connectivity index (χ1n) is 9.25. The molecule has 7 heteroatoms. The fourth-order valence-electron chi connectivity index (χ4n) is 3.13. The Morgan fingerprint density at radius 1 is 1.10 bits per heavy atom. The summed E-state index contributed by atoms with van der Waals surface area (Å²) < 4.78 is 1.67. The van der Waals surface area contributed by atoms with Crippen molar-refractivity contribution >= 4 is 5.78 Å². The molecule has 0 spiro atoms. The molecular weight excluding hydrogens is 366 g/mol. The van der Waals surface area contributed by atoms with Gasteiger partial charge in [-0.05, 0) is 23.6 Å². The van der Waals surface area contributed by atoms with Gasteiger partial charge in [0.25, 0.3) is 5.56 Å². The molecule has 1 N–H and O–H groups in total. The molecule has 0 aliphatic rings. The summed E-state index contributed by atoms with van der Waals surface area (Å²) in [4.78, 5) is 35.8. The van der Waals surface area contributed by atoms with Gasteiger partial charge in [-0.25, -0.2) is 14.6 Å². The molecule has 1 unspecified atom stereocenters. The number of rotatable bonds is 6. The summed E-state index contributed by atoms with van der Waals surface area (Å²) >= 11 is 0. The van der Waals surface area contributed by atoms with Crippen molar-refractivity contribution in [3.05, 3.63) is 94.9 Å². The Morgan fingerprint density at radius 2 is 1.86 bits per heavy atom. The van der Waals surface area contributed by atoms with Crippen molar-refractivity contribution in [2.24, 2.45) is 0 Å². The summed E-state index contributed by atoms with van der Waals surface area (Å²) in [5.41, 5.74) is 2.52. The third kappa shape index (κ3) is 4.19. The lowest BCUT2D eigenvalue weighted by Crippen LogP contribution is -2.15. The number of carbonyl (C=O) groups excluding carboxylic acids is 1. The van der Waals surface area contributed by atoms with E-state index in [-0.39, 0.29) is 29.4 Å². The zero-order valence-corrected chi connectivity index (χ0v) is 15.8. The number of ketones is 1. The van der Waals surface area contributed by atoms with E-state index in [0.717, 1.165) is 16.8 Å². The van der Waals surface area contributed by atoms with Gasteiger partial charge in [0.05, 0.1) is 5.69 Å². The molecular formula is C22H19N5O2. The molecule has 0 aliphatic heterocycles. The predicted molar refractivity (Wildman–Crippen MR) is 109 cm³/mol. The molecule has 4 aromatic rings. The van der Waals surface area contributed by atoms with Crippen molar-refractivity contribution in [3.8, 4) is 17.1 Å². The number of nitrogens with one attached hydrogen (secondary N) is 1. The number of carbonyl (C=O) groups is 1. The average Bonchev–Trinajstić information content (AvgIpc) is 3.29. The molecule has 0 fully saturated rings. The van der Waals surface area contributed by atoms with Crippen LogP contribution in [-0.4, -0.2) is 30.5 Å². The summed E-state index contributed by atoms with van der Waals surface area (Å²) in [6, 6.07) is 18.3. The van der Waals surface area contributed by atoms with Gasteiger partial charge >= 0.3 is 0 Å². The lowest BCUT2D eigenvalue weighted by Gasteiger charge is -2.12. The Morgan fingerprint density at radius 3 is 2.55 bits per heavy atom. The maximum Gasteiger partial charge on any atom is 0.251 e. The van der Waals surface area contributed by atoms with Crippen molar-refractivity contribution in [1.29, 1.82) is 0 Å². The molecule has 4 rings (SSSR count). The molecule has 2 aromatic heterocycles. The monoisotopic (exact) mass is 385 g/mol. The number of H-pyrrole nitrogens is 1. The maximum atomic E-state index is 12.8. The van der Waals surface area contributed by atoms with Crippen molar-refractivity contribution in [2.45, 2.75) is 19.3 Å². The first kappa shape index (κ1) is 18.5. The molecule has 0 saturated carbocycles. The average molecular weight is 385 g/mol. The zero-order valence-electron chi connectivity index (χ0n) is 15.8. The topological polar surface area (TPSA) is 93.5 Å². The van der Waals surface area contributed by atoms with E-state index in [2.05, 4.69) is 20.1 Å². The quantitative estimate of drug-likeness (QED) is 0.514. The highest BCUT2D eigenvalue weighted by Gasteiger charge is 2.16. The highest BCUT2D eigenvalue weighted by molar-refractivity contribution is 5.95. The van der Waals surface area contributed by atoms with Crippen LogP contribution in [0.5, 0.6) is 0 Å². The van der Waals surface area contributed by atoms with E-state index >= 15 is 0 Å². The molecule has 2 heterocycles. The Hall–Kier alpha value is -3.87. The van der Waals surface area contributed by atoms with E-state index in [0.29, 0.717) is 5.82 Å². The van der Waals surface area contributed by atoms with Gasteiger partial charge in [-0.15, -0.1) is 0 Å². The highest BCUT2D eigenvalue weighted by atomic mass is 16.1. The van der Waals surface area contributed by atoms with Crippen LogP contribution in [0.25, 0.3) is 17.1 Å². The molecule has 144 valence electrons. The van der Waals surface area contributed by atoms with Gasteiger partial charge in [0.15, 0.2) is 5.78 Å². The lowest BCUT2D eigenvalue weighted by molar-refractivity contribution is 0.0970. The number of aromatic amines is 1. The van der Waals surface area contributed by atoms with Crippen molar-refractivity contribution in [3.63, 3.8) is 0 Å². The van der Waals surface area contributed by atoms with E-state index in [1.807, 2.05) is 61.5 Å². The van der Waals surface area contributed by atoms with Crippen LogP contribution in [0.1, 0.15) is 35.3 Å². The minimum Gasteiger partial charge on any atom is -0.306 e. The van der Waals surface area contributed by atoms with E-state index in [1.54, 1.807) is 11.0 Å². The second kappa shape index (κ2) is 8.02. The standard InChI is InChI=1S/C22H19N5O2/c1-15(16-7-9-18(10-8-16)27-14-23-13-24-27)11-20(28)19-12-21(29)26-22(25-19)17-5-3-2-4-6-17/h2-10,12-15H,11H2,1H3,(H,25,26,29). The van der Waals surface area contributed by atoms with Crippen LogP contribution >= 0.6 is 0 Å². The van der Waals surface area contributed by atoms with Gasteiger partial charge in [0.1, 0.15) is 24.2 Å². The second-order valence-electron chi connectivity index (χ2n) is 6.81. The third-order valence-corrected chi connectivity index (χ3v) is 4.71. The number of Topliss-reactive ketones (excluding diaryl/α,β-unsaturated/α-hetero) is 1. The van der Waals surface area contributed by atoms with Gasteiger partial charge in [-0.3, -0.25) is 9.59 Å². The number of hydrogen-bond donors (Lipinski definition) is 1. The number of nitrogens with zero attached hydrogens (tertiary/aromatic N) is 4. The molecule has 29 heavy (non-hydrogen) atoms. The normalized spacial score (nSPS) is 11.9. The Bertz CT molecular complexity index is 1170. The van der Waals surface area contributed by atoms with E-state index in [9.17, 15) is 9.59 Å². The summed E-state index contributed by atoms with van der Waals surface area (Å²) in [7, 11) is 0.